The smallest absolute Gasteiger partial charge is 0.348 e. The van der Waals surface area contributed by atoms with Crippen molar-refractivity contribution in [1.29, 1.82) is 0 Å². The third-order valence-electron chi connectivity index (χ3n) is 12.5. The van der Waals surface area contributed by atoms with Crippen LogP contribution < -0.4 is 0 Å². The largest absolute Gasteiger partial charge is 0.467 e. The summed E-state index contributed by atoms with van der Waals surface area (Å²) in [6, 6.07) is 0. The highest BCUT2D eigenvalue weighted by atomic mass is 16.7. The minimum Gasteiger partial charge on any atom is -0.467 e. The van der Waals surface area contributed by atoms with E-state index < -0.39 is 131 Å². The highest BCUT2D eigenvalue weighted by Gasteiger charge is 2.85. The maximum Gasteiger partial charge on any atom is 0.348 e. The maximum absolute atomic E-state index is 13.8. The lowest BCUT2D eigenvalue weighted by Gasteiger charge is -2.67. The molecule has 2 unspecified atom stereocenters. The SMILES string of the molecule is COC(=O)[C@]12OC[C@]34C(C(O)[C@@H]1O)[C@@]1(C)C=C(O[C@@H]5O[C@H](CO)[C@@H](O)[C@H](O)[C@H]5O)C(=O)[C@@H](C)[C@@H]1C[C@H]3OC(=O)[C@H](OC(=O)/C=C(/C)C(C)(C)O)[C@@H]24. The summed E-state index contributed by atoms with van der Waals surface area (Å²) in [4.78, 5) is 54.5. The summed E-state index contributed by atoms with van der Waals surface area (Å²) in [5.41, 5.74) is -6.49. The van der Waals surface area contributed by atoms with E-state index in [-0.39, 0.29) is 24.4 Å². The molecule has 2 saturated carbocycles. The van der Waals surface area contributed by atoms with E-state index in [1.165, 1.54) is 26.8 Å². The van der Waals surface area contributed by atoms with Gasteiger partial charge < -0.3 is 64.2 Å². The number of aliphatic hydroxyl groups is 7. The molecule has 6 rings (SSSR count). The molecule has 51 heavy (non-hydrogen) atoms. The lowest BCUT2D eigenvalue weighted by molar-refractivity contribution is -0.296. The highest BCUT2D eigenvalue weighted by Crippen LogP contribution is 2.72. The van der Waals surface area contributed by atoms with Crippen molar-refractivity contribution in [2.45, 2.75) is 107 Å². The molecule has 0 amide bonds. The molecule has 3 heterocycles. The number of rotatable bonds is 7. The molecule has 0 radical (unpaired) electrons. The number of allylic oxidation sites excluding steroid dienone is 2. The van der Waals surface area contributed by atoms with E-state index >= 15 is 0 Å². The van der Waals surface area contributed by atoms with Gasteiger partial charge in [-0.05, 0) is 50.2 Å². The first-order valence-electron chi connectivity index (χ1n) is 16.9. The van der Waals surface area contributed by atoms with Crippen LogP contribution in [0.1, 0.15) is 41.0 Å². The van der Waals surface area contributed by atoms with Gasteiger partial charge in [0.2, 0.25) is 18.0 Å². The molecule has 284 valence electrons. The molecule has 7 N–H and O–H groups in total. The Bertz CT molecular complexity index is 1530. The molecule has 6 aliphatic rings. The Morgan fingerprint density at radius 1 is 1.06 bits per heavy atom. The van der Waals surface area contributed by atoms with Gasteiger partial charge in [-0.1, -0.05) is 13.8 Å². The van der Waals surface area contributed by atoms with Crippen molar-refractivity contribution >= 4 is 23.7 Å². The van der Waals surface area contributed by atoms with Gasteiger partial charge in [0.25, 0.3) is 0 Å². The standard InChI is InChI=1S/C34H46O17/c1-12(31(3,4)45)7-18(36)51-24-26-33-11-47-34(26,30(44)46-6)27(42)23(41)25(33)32(5)9-15(19(37)13(2)14(32)8-17(33)50-28(24)43)48-29-22(40)21(39)20(38)16(10-35)49-29/h7,9,13-14,16-17,20-27,29,35,38-42,45H,8,10-11H2,1-6H3/b12-7-/t13-,14-,16+,17+,20+,21-,22+,23?,24+,25?,26+,27-,29+,32-,33+,34+/m0/s1. The number of ketones is 1. The number of carbonyl (C=O) groups is 4. The van der Waals surface area contributed by atoms with Gasteiger partial charge in [0.1, 0.15) is 36.6 Å². The second kappa shape index (κ2) is 12.6. The molecular weight excluding hydrogens is 680 g/mol. The molecule has 5 fully saturated rings. The molecule has 0 aromatic heterocycles. The fourth-order valence-electron chi connectivity index (χ4n) is 9.69. The second-order valence-corrected chi connectivity index (χ2v) is 15.4. The van der Waals surface area contributed by atoms with E-state index in [1.807, 2.05) is 0 Å². The zero-order valence-electron chi connectivity index (χ0n) is 29.0. The summed E-state index contributed by atoms with van der Waals surface area (Å²) in [6.07, 6.45) is -12.8. The van der Waals surface area contributed by atoms with E-state index in [9.17, 15) is 54.9 Å². The van der Waals surface area contributed by atoms with Gasteiger partial charge in [-0.3, -0.25) is 4.79 Å². The Hall–Kier alpha value is -3.00. The summed E-state index contributed by atoms with van der Waals surface area (Å²) in [7, 11) is 1.03. The summed E-state index contributed by atoms with van der Waals surface area (Å²) >= 11 is 0. The monoisotopic (exact) mass is 726 g/mol. The van der Waals surface area contributed by atoms with Gasteiger partial charge in [0.05, 0.1) is 37.9 Å². The van der Waals surface area contributed by atoms with Gasteiger partial charge in [-0.15, -0.1) is 0 Å². The molecule has 2 bridgehead atoms. The van der Waals surface area contributed by atoms with Crippen LogP contribution in [0, 0.1) is 34.5 Å². The molecule has 3 saturated heterocycles. The second-order valence-electron chi connectivity index (χ2n) is 15.4. The number of Topliss-reactive ketones (excluding diaryl/α,β-unsaturated/α-hetero) is 1. The Morgan fingerprint density at radius 2 is 1.73 bits per heavy atom. The number of ether oxygens (including phenoxy) is 6. The van der Waals surface area contributed by atoms with Crippen LogP contribution in [0.5, 0.6) is 0 Å². The van der Waals surface area contributed by atoms with Crippen LogP contribution in [0.2, 0.25) is 0 Å². The number of aliphatic hydroxyl groups excluding tert-OH is 6. The zero-order valence-corrected chi connectivity index (χ0v) is 29.0. The van der Waals surface area contributed by atoms with Crippen LogP contribution in [0.3, 0.4) is 0 Å². The lowest BCUT2D eigenvalue weighted by Crippen LogP contribution is -2.79. The van der Waals surface area contributed by atoms with Crippen molar-refractivity contribution in [2.24, 2.45) is 34.5 Å². The van der Waals surface area contributed by atoms with Crippen LogP contribution in [0.15, 0.2) is 23.5 Å². The molecule has 17 nitrogen and oxygen atoms in total. The Kier molecular flexibility index (Phi) is 9.29. The molecule has 17 heteroatoms. The van der Waals surface area contributed by atoms with Gasteiger partial charge in [0.15, 0.2) is 11.5 Å². The summed E-state index contributed by atoms with van der Waals surface area (Å²) in [6.45, 7) is 6.50. The fourth-order valence-corrected chi connectivity index (χ4v) is 9.69. The Labute approximate surface area is 292 Å². The molecule has 0 aromatic rings. The van der Waals surface area contributed by atoms with Gasteiger partial charge in [-0.2, -0.15) is 0 Å². The topological polar surface area (TPSA) is 265 Å². The van der Waals surface area contributed by atoms with Crippen molar-refractivity contribution in [3.63, 3.8) is 0 Å². The number of esters is 3. The van der Waals surface area contributed by atoms with Crippen molar-refractivity contribution in [3.8, 4) is 0 Å². The maximum atomic E-state index is 13.8. The predicted molar refractivity (Wildman–Crippen MR) is 165 cm³/mol. The van der Waals surface area contributed by atoms with E-state index in [1.54, 1.807) is 13.8 Å². The zero-order chi connectivity index (χ0) is 37.7. The third kappa shape index (κ3) is 5.22. The predicted octanol–water partition coefficient (Wildman–Crippen LogP) is -2.62. The summed E-state index contributed by atoms with van der Waals surface area (Å²) in [5, 5.41) is 75.2. The molecule has 3 aliphatic carbocycles. The minimum absolute atomic E-state index is 0.00772. The number of methoxy groups -OCH3 is 1. The van der Waals surface area contributed by atoms with Crippen molar-refractivity contribution in [2.75, 3.05) is 20.3 Å². The third-order valence-corrected chi connectivity index (χ3v) is 12.5. The lowest BCUT2D eigenvalue weighted by atomic mass is 9.38. The van der Waals surface area contributed by atoms with Crippen molar-refractivity contribution < 1.29 is 83.3 Å². The van der Waals surface area contributed by atoms with Crippen LogP contribution in [0.4, 0.5) is 0 Å². The fraction of sp³-hybridized carbons (Fsp3) is 0.765. The van der Waals surface area contributed by atoms with Gasteiger partial charge in [0, 0.05) is 23.3 Å². The molecule has 3 aliphatic heterocycles. The first kappa shape index (κ1) is 37.7. The van der Waals surface area contributed by atoms with Crippen LogP contribution >= 0.6 is 0 Å². The quantitative estimate of drug-likeness (QED) is 0.0804. The van der Waals surface area contributed by atoms with Crippen molar-refractivity contribution in [1.82, 2.24) is 0 Å². The highest BCUT2D eigenvalue weighted by molar-refractivity contribution is 5.97. The average Bonchev–Trinajstić information content (AvgIpc) is 3.37. The molecule has 0 aromatic carbocycles. The van der Waals surface area contributed by atoms with Crippen molar-refractivity contribution in [3.05, 3.63) is 23.5 Å². The number of hydrogen-bond acceptors (Lipinski definition) is 17. The Balaban J connectivity index is 1.47. The summed E-state index contributed by atoms with van der Waals surface area (Å²) < 4.78 is 34.2. The molecular formula is C34H46O17. The first-order chi connectivity index (χ1) is 23.7. The van der Waals surface area contributed by atoms with E-state index in [4.69, 9.17) is 28.4 Å². The van der Waals surface area contributed by atoms with Crippen LogP contribution in [0.25, 0.3) is 0 Å². The van der Waals surface area contributed by atoms with E-state index in [0.29, 0.717) is 0 Å². The molecule has 16 atom stereocenters. The van der Waals surface area contributed by atoms with E-state index in [0.717, 1.165) is 13.2 Å². The number of fused-ring (bicyclic) bond motifs is 2. The minimum atomic E-state index is -2.40. The van der Waals surface area contributed by atoms with Gasteiger partial charge >= 0.3 is 17.9 Å². The Morgan fingerprint density at radius 3 is 2.33 bits per heavy atom. The van der Waals surface area contributed by atoms with Gasteiger partial charge in [-0.25, -0.2) is 14.4 Å². The number of hydrogen-bond donors (Lipinski definition) is 7. The first-order valence-corrected chi connectivity index (χ1v) is 16.9. The summed E-state index contributed by atoms with van der Waals surface area (Å²) in [5.74, 6) is -8.35. The average molecular weight is 727 g/mol. The number of carbonyl (C=O) groups excluding carboxylic acids is 4. The van der Waals surface area contributed by atoms with Crippen LogP contribution in [-0.2, 0) is 47.6 Å². The van der Waals surface area contributed by atoms with E-state index in [2.05, 4.69) is 0 Å². The molecule has 1 spiro atoms. The van der Waals surface area contributed by atoms with Crippen LogP contribution in [-0.4, -0.2) is 146 Å². The normalized spacial score (nSPS) is 47.7.